The maximum atomic E-state index is 13.9. The van der Waals surface area contributed by atoms with Crippen LogP contribution < -0.4 is 5.12 Å². The fourth-order valence-electron chi connectivity index (χ4n) is 1.62. The highest BCUT2D eigenvalue weighted by atomic mass is 35.5. The first kappa shape index (κ1) is 18.5. The van der Waals surface area contributed by atoms with Gasteiger partial charge in [0.2, 0.25) is 5.82 Å². The summed E-state index contributed by atoms with van der Waals surface area (Å²) in [4.78, 5) is 3.78. The molecule has 0 unspecified atom stereocenters. The molecule has 1 aromatic heterocycles. The van der Waals surface area contributed by atoms with E-state index in [1.807, 2.05) is 20.8 Å². The first-order valence-electron chi connectivity index (χ1n) is 7.12. The summed E-state index contributed by atoms with van der Waals surface area (Å²) in [6.07, 6.45) is 4.19. The highest BCUT2D eigenvalue weighted by Crippen LogP contribution is 2.19. The molecule has 1 heterocycles. The van der Waals surface area contributed by atoms with Gasteiger partial charge in [-0.1, -0.05) is 31.9 Å². The molecule has 0 saturated heterocycles. The lowest BCUT2D eigenvalue weighted by atomic mass is 10.2. The monoisotopic (exact) mass is 330 g/mol. The van der Waals surface area contributed by atoms with Crippen molar-refractivity contribution >= 4 is 23.6 Å². The molecular weight excluding hydrogens is 310 g/mol. The summed E-state index contributed by atoms with van der Waals surface area (Å²) in [5.41, 5.74) is 0.792. The highest BCUT2D eigenvalue weighted by molar-refractivity contribution is 6.31. The van der Waals surface area contributed by atoms with Crippen LogP contribution in [-0.4, -0.2) is 29.8 Å². The van der Waals surface area contributed by atoms with E-state index in [1.165, 1.54) is 5.12 Å². The standard InChI is InChI=1S/C15H21ClF2N4/c1-5-7-13(16)11(3)9-20-22(21(4)6-2)15-14(18)8-12(17)10-19-15/h8-10H,5-7H2,1-4H3/b13-11-,20-9-. The van der Waals surface area contributed by atoms with Gasteiger partial charge in [-0.25, -0.2) is 18.8 Å². The van der Waals surface area contributed by atoms with E-state index in [0.29, 0.717) is 11.6 Å². The van der Waals surface area contributed by atoms with Gasteiger partial charge in [-0.05, 0) is 18.9 Å². The normalized spacial score (nSPS) is 12.9. The summed E-state index contributed by atoms with van der Waals surface area (Å²) in [5.74, 6) is -1.58. The first-order valence-corrected chi connectivity index (χ1v) is 7.49. The third-order valence-electron chi connectivity index (χ3n) is 3.02. The Labute approximate surface area is 135 Å². The summed E-state index contributed by atoms with van der Waals surface area (Å²) in [6, 6.07) is 0.779. The van der Waals surface area contributed by atoms with E-state index in [9.17, 15) is 8.78 Å². The number of allylic oxidation sites excluding steroid dienone is 2. The second-order valence-corrected chi connectivity index (χ2v) is 5.26. The maximum absolute atomic E-state index is 13.9. The summed E-state index contributed by atoms with van der Waals surface area (Å²) in [7, 11) is 1.73. The van der Waals surface area contributed by atoms with E-state index in [1.54, 1.807) is 18.3 Å². The molecule has 0 fully saturated rings. The van der Waals surface area contributed by atoms with Crippen molar-refractivity contribution in [3.05, 3.63) is 34.5 Å². The number of hydrogen-bond acceptors (Lipinski definition) is 4. The second kappa shape index (κ2) is 8.80. The Morgan fingerprint density at radius 3 is 2.64 bits per heavy atom. The van der Waals surface area contributed by atoms with Gasteiger partial charge in [0, 0.05) is 24.7 Å². The summed E-state index contributed by atoms with van der Waals surface area (Å²) in [5, 5.41) is 7.87. The van der Waals surface area contributed by atoms with Crippen LogP contribution in [0, 0.1) is 11.6 Å². The predicted octanol–water partition coefficient (Wildman–Crippen LogP) is 4.33. The Hall–Kier alpha value is -1.53. The van der Waals surface area contributed by atoms with Gasteiger partial charge in [-0.2, -0.15) is 10.2 Å². The molecule has 0 radical (unpaired) electrons. The minimum absolute atomic E-state index is 0.0681. The third-order valence-corrected chi connectivity index (χ3v) is 3.50. The lowest BCUT2D eigenvalue weighted by Gasteiger charge is -2.27. The van der Waals surface area contributed by atoms with Gasteiger partial charge in [0.1, 0.15) is 5.82 Å². The molecule has 7 heteroatoms. The Morgan fingerprint density at radius 2 is 2.09 bits per heavy atom. The number of halogens is 3. The minimum Gasteiger partial charge on any atom is -0.230 e. The van der Waals surface area contributed by atoms with Gasteiger partial charge < -0.3 is 0 Å². The molecule has 0 atom stereocenters. The number of aromatic nitrogens is 1. The van der Waals surface area contributed by atoms with Crippen molar-refractivity contribution in [1.82, 2.24) is 9.99 Å². The number of hydrazone groups is 1. The van der Waals surface area contributed by atoms with Crippen LogP contribution >= 0.6 is 11.6 Å². The van der Waals surface area contributed by atoms with Crippen LogP contribution in [0.4, 0.5) is 14.6 Å². The van der Waals surface area contributed by atoms with Crippen LogP contribution in [0.1, 0.15) is 33.6 Å². The Kier molecular flexibility index (Phi) is 7.41. The third kappa shape index (κ3) is 5.03. The van der Waals surface area contributed by atoms with Crippen molar-refractivity contribution < 1.29 is 8.78 Å². The summed E-state index contributed by atoms with van der Waals surface area (Å²) >= 11 is 6.14. The number of hydrazine groups is 1. The fraction of sp³-hybridized carbons (Fsp3) is 0.467. The smallest absolute Gasteiger partial charge is 0.202 e. The molecule has 0 aliphatic rings. The lowest BCUT2D eigenvalue weighted by Crippen LogP contribution is -2.37. The van der Waals surface area contributed by atoms with Gasteiger partial charge in [-0.15, -0.1) is 0 Å². The average Bonchev–Trinajstić information content (AvgIpc) is 2.48. The molecule has 0 N–H and O–H groups in total. The van der Waals surface area contributed by atoms with Crippen LogP contribution in [0.3, 0.4) is 0 Å². The molecule has 4 nitrogen and oxygen atoms in total. The van der Waals surface area contributed by atoms with Gasteiger partial charge in [0.05, 0.1) is 12.4 Å². The summed E-state index contributed by atoms with van der Waals surface area (Å²) < 4.78 is 26.9. The van der Waals surface area contributed by atoms with Gasteiger partial charge in [0.15, 0.2) is 5.82 Å². The lowest BCUT2D eigenvalue weighted by molar-refractivity contribution is 0.318. The van der Waals surface area contributed by atoms with E-state index in [4.69, 9.17) is 11.6 Å². The topological polar surface area (TPSA) is 31.7 Å². The number of anilines is 1. The van der Waals surface area contributed by atoms with Crippen molar-refractivity contribution in [1.29, 1.82) is 0 Å². The van der Waals surface area contributed by atoms with E-state index >= 15 is 0 Å². The van der Waals surface area contributed by atoms with Gasteiger partial charge >= 0.3 is 0 Å². The van der Waals surface area contributed by atoms with Gasteiger partial charge in [-0.3, -0.25) is 0 Å². The zero-order chi connectivity index (χ0) is 16.7. The highest BCUT2D eigenvalue weighted by Gasteiger charge is 2.17. The molecule has 1 aromatic rings. The Balaban J connectivity index is 3.12. The number of nitrogens with zero attached hydrogens (tertiary/aromatic N) is 4. The van der Waals surface area contributed by atoms with Crippen molar-refractivity contribution in [3.63, 3.8) is 0 Å². The zero-order valence-corrected chi connectivity index (χ0v) is 14.0. The molecule has 0 spiro atoms. The molecule has 0 aliphatic carbocycles. The van der Waals surface area contributed by atoms with E-state index in [0.717, 1.165) is 30.7 Å². The largest absolute Gasteiger partial charge is 0.230 e. The number of rotatable bonds is 7. The molecular formula is C15H21ClF2N4. The quantitative estimate of drug-likeness (QED) is 0.551. The first-order chi connectivity index (χ1) is 10.4. The Bertz CT molecular complexity index is 560. The van der Waals surface area contributed by atoms with Crippen LogP contribution in [0.5, 0.6) is 0 Å². The average molecular weight is 331 g/mol. The molecule has 1 rings (SSSR count). The molecule has 0 bridgehead atoms. The molecule has 0 saturated carbocycles. The summed E-state index contributed by atoms with van der Waals surface area (Å²) in [6.45, 7) is 6.32. The van der Waals surface area contributed by atoms with Crippen molar-refractivity contribution in [3.8, 4) is 0 Å². The fourth-order valence-corrected chi connectivity index (χ4v) is 1.86. The molecule has 22 heavy (non-hydrogen) atoms. The molecule has 122 valence electrons. The van der Waals surface area contributed by atoms with Crippen molar-refractivity contribution in [2.75, 3.05) is 18.7 Å². The number of hydrogen-bond donors (Lipinski definition) is 0. The van der Waals surface area contributed by atoms with Crippen molar-refractivity contribution in [2.45, 2.75) is 33.6 Å². The predicted molar refractivity (Wildman–Crippen MR) is 86.9 cm³/mol. The SMILES string of the molecule is CCC/C(Cl)=C(C)/C=N\N(c1ncc(F)cc1F)N(C)CC. The van der Waals surface area contributed by atoms with E-state index in [2.05, 4.69) is 10.1 Å². The van der Waals surface area contributed by atoms with Gasteiger partial charge in [0.25, 0.3) is 0 Å². The molecule has 0 aromatic carbocycles. The van der Waals surface area contributed by atoms with Crippen LogP contribution in [0.25, 0.3) is 0 Å². The second-order valence-electron chi connectivity index (χ2n) is 4.80. The van der Waals surface area contributed by atoms with E-state index < -0.39 is 11.6 Å². The molecule has 0 amide bonds. The number of pyridine rings is 1. The Morgan fingerprint density at radius 1 is 1.41 bits per heavy atom. The van der Waals surface area contributed by atoms with Crippen LogP contribution in [0.15, 0.2) is 28.0 Å². The van der Waals surface area contributed by atoms with Crippen LogP contribution in [-0.2, 0) is 0 Å². The maximum Gasteiger partial charge on any atom is 0.202 e. The molecule has 0 aliphatic heterocycles. The van der Waals surface area contributed by atoms with E-state index in [-0.39, 0.29) is 5.82 Å². The van der Waals surface area contributed by atoms with Crippen molar-refractivity contribution in [2.24, 2.45) is 5.10 Å². The zero-order valence-electron chi connectivity index (χ0n) is 13.3. The minimum atomic E-state index is -0.779. The van der Waals surface area contributed by atoms with Crippen LogP contribution in [0.2, 0.25) is 0 Å².